The monoisotopic (exact) mass is 385 g/mol. The fourth-order valence-electron chi connectivity index (χ4n) is 4.28. The first kappa shape index (κ1) is 17.7. The van der Waals surface area contributed by atoms with Gasteiger partial charge in [-0.25, -0.2) is 0 Å². The van der Waals surface area contributed by atoms with E-state index < -0.39 is 0 Å². The number of carbonyl (C=O) groups is 1. The number of benzene rings is 1. The lowest BCUT2D eigenvalue weighted by atomic mass is 9.86. The third-order valence-corrected chi connectivity index (χ3v) is 5.74. The van der Waals surface area contributed by atoms with Crippen LogP contribution in [0.5, 0.6) is 0 Å². The van der Waals surface area contributed by atoms with Crippen molar-refractivity contribution < 1.29 is 4.79 Å². The average molecular weight is 385 g/mol. The number of nitrogens with one attached hydrogen (secondary N) is 2. The van der Waals surface area contributed by atoms with Crippen LogP contribution in [-0.4, -0.2) is 25.7 Å². The largest absolute Gasteiger partial charge is 0.357 e. The van der Waals surface area contributed by atoms with Crippen molar-refractivity contribution >= 4 is 22.6 Å². The van der Waals surface area contributed by atoms with E-state index in [0.29, 0.717) is 5.82 Å². The quantitative estimate of drug-likeness (QED) is 0.551. The fourth-order valence-corrected chi connectivity index (χ4v) is 4.28. The highest BCUT2D eigenvalue weighted by molar-refractivity contribution is 5.97. The molecule has 1 amide bonds. The summed E-state index contributed by atoms with van der Waals surface area (Å²) < 4.78 is 1.69. The maximum absolute atomic E-state index is 13.2. The molecule has 5 rings (SSSR count). The standard InChI is InChI=1S/C23H23N5O/c1-14-9-10-18-17(12-14)15-6-5-7-16(22(15)25-18)23(29)26-21-13-20(27-28(21)2)19-8-3-4-11-24-19/h3-4,8-13,16,25H,5-7H2,1-2H3,(H,26,29). The van der Waals surface area contributed by atoms with E-state index in [1.807, 2.05) is 31.3 Å². The van der Waals surface area contributed by atoms with Crippen LogP contribution in [0.15, 0.2) is 48.7 Å². The Morgan fingerprint density at radius 2 is 2.10 bits per heavy atom. The summed E-state index contributed by atoms with van der Waals surface area (Å²) in [6.07, 6.45) is 4.60. The van der Waals surface area contributed by atoms with Crippen molar-refractivity contribution in [2.75, 3.05) is 5.32 Å². The van der Waals surface area contributed by atoms with Gasteiger partial charge in [0.15, 0.2) is 0 Å². The average Bonchev–Trinajstić information content (AvgIpc) is 3.28. The number of carbonyl (C=O) groups excluding carboxylic acids is 1. The number of aromatic amines is 1. The highest BCUT2D eigenvalue weighted by Crippen LogP contribution is 2.37. The van der Waals surface area contributed by atoms with Crippen LogP contribution in [-0.2, 0) is 18.3 Å². The van der Waals surface area contributed by atoms with E-state index in [2.05, 4.69) is 45.5 Å². The lowest BCUT2D eigenvalue weighted by Gasteiger charge is -2.22. The van der Waals surface area contributed by atoms with Gasteiger partial charge >= 0.3 is 0 Å². The summed E-state index contributed by atoms with van der Waals surface area (Å²) in [4.78, 5) is 21.0. The van der Waals surface area contributed by atoms with Crippen molar-refractivity contribution in [2.24, 2.45) is 7.05 Å². The Morgan fingerprint density at radius 1 is 1.21 bits per heavy atom. The SMILES string of the molecule is Cc1ccc2[nH]c3c(c2c1)CCCC3C(=O)Nc1cc(-c2ccccn2)nn1C. The van der Waals surface area contributed by atoms with Gasteiger partial charge in [0.1, 0.15) is 11.5 Å². The number of hydrogen-bond donors (Lipinski definition) is 2. The molecule has 6 nitrogen and oxygen atoms in total. The van der Waals surface area contributed by atoms with Crippen LogP contribution < -0.4 is 5.32 Å². The zero-order valence-electron chi connectivity index (χ0n) is 16.6. The van der Waals surface area contributed by atoms with Crippen molar-refractivity contribution in [1.82, 2.24) is 19.7 Å². The molecule has 29 heavy (non-hydrogen) atoms. The summed E-state index contributed by atoms with van der Waals surface area (Å²) >= 11 is 0. The molecule has 146 valence electrons. The molecule has 2 N–H and O–H groups in total. The van der Waals surface area contributed by atoms with Crippen LogP contribution in [0.4, 0.5) is 5.82 Å². The summed E-state index contributed by atoms with van der Waals surface area (Å²) in [5, 5.41) is 8.83. The Labute approximate surface area is 169 Å². The van der Waals surface area contributed by atoms with Crippen molar-refractivity contribution in [2.45, 2.75) is 32.1 Å². The van der Waals surface area contributed by atoms with E-state index in [1.165, 1.54) is 16.5 Å². The number of anilines is 1. The van der Waals surface area contributed by atoms with Crippen LogP contribution in [0.1, 0.15) is 35.6 Å². The van der Waals surface area contributed by atoms with Crippen LogP contribution in [0.2, 0.25) is 0 Å². The molecular weight excluding hydrogens is 362 g/mol. The first-order valence-electron chi connectivity index (χ1n) is 9.97. The van der Waals surface area contributed by atoms with E-state index in [9.17, 15) is 4.79 Å². The van der Waals surface area contributed by atoms with E-state index in [0.717, 1.165) is 41.9 Å². The number of rotatable bonds is 3. The number of pyridine rings is 1. The molecule has 1 aliphatic carbocycles. The Hall–Kier alpha value is -3.41. The summed E-state index contributed by atoms with van der Waals surface area (Å²) in [7, 11) is 1.83. The molecule has 3 heterocycles. The maximum Gasteiger partial charge on any atom is 0.234 e. The lowest BCUT2D eigenvalue weighted by Crippen LogP contribution is -2.25. The molecule has 0 radical (unpaired) electrons. The second kappa shape index (κ2) is 6.88. The molecular formula is C23H23N5O. The number of amides is 1. The summed E-state index contributed by atoms with van der Waals surface area (Å²) in [5.41, 5.74) is 6.22. The zero-order chi connectivity index (χ0) is 20.0. The van der Waals surface area contributed by atoms with Gasteiger partial charge in [-0.1, -0.05) is 17.7 Å². The molecule has 0 saturated carbocycles. The highest BCUT2D eigenvalue weighted by Gasteiger charge is 2.30. The predicted octanol–water partition coefficient (Wildman–Crippen LogP) is 4.33. The van der Waals surface area contributed by atoms with Crippen molar-refractivity contribution in [3.05, 3.63) is 65.5 Å². The molecule has 0 aliphatic heterocycles. The van der Waals surface area contributed by atoms with Crippen molar-refractivity contribution in [1.29, 1.82) is 0 Å². The molecule has 0 bridgehead atoms. The summed E-state index contributed by atoms with van der Waals surface area (Å²) in [5.74, 6) is 0.499. The van der Waals surface area contributed by atoms with Gasteiger partial charge in [-0.15, -0.1) is 0 Å². The maximum atomic E-state index is 13.2. The minimum atomic E-state index is -0.181. The first-order chi connectivity index (χ1) is 14.1. The second-order valence-electron chi connectivity index (χ2n) is 7.75. The lowest BCUT2D eigenvalue weighted by molar-refractivity contribution is -0.118. The fraction of sp³-hybridized carbons (Fsp3) is 0.261. The van der Waals surface area contributed by atoms with Crippen molar-refractivity contribution in [3.63, 3.8) is 0 Å². The molecule has 1 aromatic carbocycles. The van der Waals surface area contributed by atoms with E-state index >= 15 is 0 Å². The van der Waals surface area contributed by atoms with Gasteiger partial charge in [0, 0.05) is 35.9 Å². The molecule has 1 unspecified atom stereocenters. The Balaban J connectivity index is 1.44. The van der Waals surface area contributed by atoms with Gasteiger partial charge in [-0.2, -0.15) is 5.10 Å². The first-order valence-corrected chi connectivity index (χ1v) is 9.97. The minimum Gasteiger partial charge on any atom is -0.357 e. The van der Waals surface area contributed by atoms with Crippen LogP contribution in [0, 0.1) is 6.92 Å². The number of nitrogens with zero attached hydrogens (tertiary/aromatic N) is 3. The van der Waals surface area contributed by atoms with Gasteiger partial charge < -0.3 is 10.3 Å². The Morgan fingerprint density at radius 3 is 2.93 bits per heavy atom. The van der Waals surface area contributed by atoms with E-state index in [-0.39, 0.29) is 11.8 Å². The smallest absolute Gasteiger partial charge is 0.234 e. The van der Waals surface area contributed by atoms with Gasteiger partial charge in [0.05, 0.1) is 11.6 Å². The number of aromatic nitrogens is 4. The van der Waals surface area contributed by atoms with E-state index in [1.54, 1.807) is 10.9 Å². The van der Waals surface area contributed by atoms with Crippen molar-refractivity contribution in [3.8, 4) is 11.4 Å². The van der Waals surface area contributed by atoms with Crippen LogP contribution in [0.25, 0.3) is 22.3 Å². The molecule has 6 heteroatoms. The third-order valence-electron chi connectivity index (χ3n) is 5.74. The zero-order valence-corrected chi connectivity index (χ0v) is 16.6. The predicted molar refractivity (Wildman–Crippen MR) is 114 cm³/mol. The van der Waals surface area contributed by atoms with Gasteiger partial charge in [-0.05, 0) is 56.0 Å². The molecule has 1 aliphatic rings. The molecule has 4 aromatic rings. The normalized spacial score (nSPS) is 16.0. The van der Waals surface area contributed by atoms with Crippen LogP contribution >= 0.6 is 0 Å². The molecule has 3 aromatic heterocycles. The summed E-state index contributed by atoms with van der Waals surface area (Å²) in [6.45, 7) is 2.10. The second-order valence-corrected chi connectivity index (χ2v) is 7.75. The number of fused-ring (bicyclic) bond motifs is 3. The Kier molecular flexibility index (Phi) is 4.19. The third kappa shape index (κ3) is 3.10. The molecule has 0 saturated heterocycles. The van der Waals surface area contributed by atoms with Gasteiger partial charge in [0.25, 0.3) is 0 Å². The van der Waals surface area contributed by atoms with Gasteiger partial charge in [0.2, 0.25) is 5.91 Å². The highest BCUT2D eigenvalue weighted by atomic mass is 16.2. The molecule has 1 atom stereocenters. The van der Waals surface area contributed by atoms with Gasteiger partial charge in [-0.3, -0.25) is 14.5 Å². The Bertz CT molecular complexity index is 1200. The summed E-state index contributed by atoms with van der Waals surface area (Å²) in [6, 6.07) is 14.0. The van der Waals surface area contributed by atoms with E-state index in [4.69, 9.17) is 0 Å². The van der Waals surface area contributed by atoms with Crippen LogP contribution in [0.3, 0.4) is 0 Å². The molecule has 0 spiro atoms. The minimum absolute atomic E-state index is 0.00444. The number of aryl methyl sites for hydroxylation is 3. The number of H-pyrrole nitrogens is 1. The number of hydrogen-bond acceptors (Lipinski definition) is 3. The topological polar surface area (TPSA) is 75.6 Å². The molecule has 0 fully saturated rings.